The zero-order valence-corrected chi connectivity index (χ0v) is 11.6. The van der Waals surface area contributed by atoms with E-state index in [4.69, 9.17) is 10.9 Å². The maximum Gasteiger partial charge on any atom is 0.235 e. The predicted octanol–water partition coefficient (Wildman–Crippen LogP) is 0.964. The molecule has 0 fully saturated rings. The summed E-state index contributed by atoms with van der Waals surface area (Å²) in [5, 5.41) is 18.5. The molecule has 2 rings (SSSR count). The molecule has 1 aromatic carbocycles. The van der Waals surface area contributed by atoms with Gasteiger partial charge in [-0.25, -0.2) is 0 Å². The van der Waals surface area contributed by atoms with Gasteiger partial charge in [0.15, 0.2) is 5.84 Å². The Morgan fingerprint density at radius 3 is 2.76 bits per heavy atom. The smallest absolute Gasteiger partial charge is 0.235 e. The monoisotopic (exact) mass is 287 g/mol. The van der Waals surface area contributed by atoms with Gasteiger partial charge in [-0.05, 0) is 12.0 Å². The SMILES string of the molecule is Cn1cc(NC(=O)C(Cc2ccccc2)C(N)=NO)cn1. The molecule has 0 saturated carbocycles. The molecule has 2 aromatic rings. The normalized spacial score (nSPS) is 12.9. The van der Waals surface area contributed by atoms with Gasteiger partial charge in [0.05, 0.1) is 11.9 Å². The number of amides is 1. The van der Waals surface area contributed by atoms with E-state index in [0.717, 1.165) is 5.56 Å². The largest absolute Gasteiger partial charge is 0.409 e. The van der Waals surface area contributed by atoms with Crippen LogP contribution in [0.25, 0.3) is 0 Å². The number of nitrogens with zero attached hydrogens (tertiary/aromatic N) is 3. The highest BCUT2D eigenvalue weighted by Gasteiger charge is 2.24. The Kier molecular flexibility index (Phi) is 4.55. The van der Waals surface area contributed by atoms with Crippen LogP contribution in [0.1, 0.15) is 5.56 Å². The van der Waals surface area contributed by atoms with Gasteiger partial charge in [0.1, 0.15) is 5.92 Å². The molecule has 21 heavy (non-hydrogen) atoms. The molecule has 0 bridgehead atoms. The van der Waals surface area contributed by atoms with Gasteiger partial charge in [0.2, 0.25) is 5.91 Å². The lowest BCUT2D eigenvalue weighted by molar-refractivity contribution is -0.118. The Hall–Kier alpha value is -2.83. The molecule has 1 heterocycles. The van der Waals surface area contributed by atoms with Crippen LogP contribution in [0.2, 0.25) is 0 Å². The number of carbonyl (C=O) groups excluding carboxylic acids is 1. The summed E-state index contributed by atoms with van der Waals surface area (Å²) in [6.07, 6.45) is 3.55. The molecule has 7 nitrogen and oxygen atoms in total. The van der Waals surface area contributed by atoms with Crippen LogP contribution in [0.3, 0.4) is 0 Å². The number of oxime groups is 1. The van der Waals surface area contributed by atoms with Crippen LogP contribution in [0.4, 0.5) is 5.69 Å². The summed E-state index contributed by atoms with van der Waals surface area (Å²) in [6, 6.07) is 9.40. The number of aromatic nitrogens is 2. The lowest BCUT2D eigenvalue weighted by Crippen LogP contribution is -2.36. The van der Waals surface area contributed by atoms with Crippen molar-refractivity contribution in [2.75, 3.05) is 5.32 Å². The highest BCUT2D eigenvalue weighted by atomic mass is 16.4. The number of amidine groups is 1. The average Bonchev–Trinajstić information content (AvgIpc) is 2.90. The molecular formula is C14H17N5O2. The molecule has 110 valence electrons. The van der Waals surface area contributed by atoms with E-state index in [2.05, 4.69) is 15.6 Å². The zero-order chi connectivity index (χ0) is 15.2. The molecule has 0 aliphatic rings. The van der Waals surface area contributed by atoms with Gasteiger partial charge in [-0.15, -0.1) is 0 Å². The second-order valence-corrected chi connectivity index (χ2v) is 4.66. The number of benzene rings is 1. The highest BCUT2D eigenvalue weighted by molar-refractivity contribution is 6.07. The summed E-state index contributed by atoms with van der Waals surface area (Å²) in [4.78, 5) is 12.3. The van der Waals surface area contributed by atoms with Crippen molar-refractivity contribution in [1.29, 1.82) is 0 Å². The second kappa shape index (κ2) is 6.56. The third-order valence-electron chi connectivity index (χ3n) is 3.04. The molecule has 0 spiro atoms. The van der Waals surface area contributed by atoms with E-state index < -0.39 is 5.92 Å². The molecule has 1 aromatic heterocycles. The Morgan fingerprint density at radius 2 is 2.19 bits per heavy atom. The van der Waals surface area contributed by atoms with E-state index >= 15 is 0 Å². The first kappa shape index (κ1) is 14.6. The number of hydrogen-bond acceptors (Lipinski definition) is 4. The molecule has 0 aliphatic carbocycles. The van der Waals surface area contributed by atoms with Crippen molar-refractivity contribution in [3.05, 3.63) is 48.3 Å². The average molecular weight is 287 g/mol. The molecule has 1 atom stereocenters. The fraction of sp³-hybridized carbons (Fsp3) is 0.214. The fourth-order valence-corrected chi connectivity index (χ4v) is 1.97. The number of aryl methyl sites for hydroxylation is 1. The standard InChI is InChI=1S/C14H17N5O2/c1-19-9-11(8-16-19)17-14(20)12(13(15)18-21)7-10-5-3-2-4-6-10/h2-6,8-9,12,21H,7H2,1H3,(H2,15,18)(H,17,20). The summed E-state index contributed by atoms with van der Waals surface area (Å²) >= 11 is 0. The Bertz CT molecular complexity index is 636. The van der Waals surface area contributed by atoms with Crippen LogP contribution in [0, 0.1) is 5.92 Å². The van der Waals surface area contributed by atoms with E-state index in [1.807, 2.05) is 30.3 Å². The third kappa shape index (κ3) is 3.82. The van der Waals surface area contributed by atoms with Crippen LogP contribution in [-0.4, -0.2) is 26.7 Å². The topological polar surface area (TPSA) is 106 Å². The van der Waals surface area contributed by atoms with E-state index in [0.29, 0.717) is 12.1 Å². The van der Waals surface area contributed by atoms with Crippen LogP contribution < -0.4 is 11.1 Å². The quantitative estimate of drug-likeness (QED) is 0.329. The minimum Gasteiger partial charge on any atom is -0.409 e. The van der Waals surface area contributed by atoms with Crippen LogP contribution in [0.5, 0.6) is 0 Å². The summed E-state index contributed by atoms with van der Waals surface area (Å²) < 4.78 is 1.57. The minimum absolute atomic E-state index is 0.125. The highest BCUT2D eigenvalue weighted by Crippen LogP contribution is 2.13. The molecule has 4 N–H and O–H groups in total. The molecule has 0 radical (unpaired) electrons. The number of rotatable bonds is 5. The van der Waals surface area contributed by atoms with E-state index in [1.165, 1.54) is 6.20 Å². The first-order chi connectivity index (χ1) is 10.1. The first-order valence-electron chi connectivity index (χ1n) is 6.41. The number of nitrogens with one attached hydrogen (secondary N) is 1. The summed E-state index contributed by atoms with van der Waals surface area (Å²) in [7, 11) is 1.75. The third-order valence-corrected chi connectivity index (χ3v) is 3.04. The maximum absolute atomic E-state index is 12.3. The summed E-state index contributed by atoms with van der Waals surface area (Å²) in [5.74, 6) is -1.22. The molecule has 0 aliphatic heterocycles. The molecule has 0 saturated heterocycles. The minimum atomic E-state index is -0.752. The molecule has 7 heteroatoms. The summed E-state index contributed by atoms with van der Waals surface area (Å²) in [5.41, 5.74) is 7.13. The van der Waals surface area contributed by atoms with Gasteiger partial charge < -0.3 is 16.3 Å². The van der Waals surface area contributed by atoms with Gasteiger partial charge in [-0.2, -0.15) is 5.10 Å². The van der Waals surface area contributed by atoms with Crippen molar-refractivity contribution < 1.29 is 10.0 Å². The van der Waals surface area contributed by atoms with Gasteiger partial charge >= 0.3 is 0 Å². The second-order valence-electron chi connectivity index (χ2n) is 4.66. The summed E-state index contributed by atoms with van der Waals surface area (Å²) in [6.45, 7) is 0. The van der Waals surface area contributed by atoms with E-state index in [1.54, 1.807) is 17.9 Å². The van der Waals surface area contributed by atoms with Gasteiger partial charge in [0, 0.05) is 13.2 Å². The van der Waals surface area contributed by atoms with Crippen molar-refractivity contribution in [2.45, 2.75) is 6.42 Å². The molecular weight excluding hydrogens is 270 g/mol. The van der Waals surface area contributed by atoms with Crippen molar-refractivity contribution in [1.82, 2.24) is 9.78 Å². The molecule has 1 unspecified atom stereocenters. The van der Waals surface area contributed by atoms with Crippen molar-refractivity contribution in [2.24, 2.45) is 23.9 Å². The Balaban J connectivity index is 2.14. The van der Waals surface area contributed by atoms with Crippen LogP contribution in [-0.2, 0) is 18.3 Å². The maximum atomic E-state index is 12.3. The number of nitrogens with two attached hydrogens (primary N) is 1. The fourth-order valence-electron chi connectivity index (χ4n) is 1.97. The number of carbonyl (C=O) groups is 1. The Morgan fingerprint density at radius 1 is 1.48 bits per heavy atom. The number of hydrogen-bond donors (Lipinski definition) is 3. The lowest BCUT2D eigenvalue weighted by atomic mass is 9.97. The van der Waals surface area contributed by atoms with Gasteiger partial charge in [-0.1, -0.05) is 35.5 Å². The number of anilines is 1. The Labute approximate surface area is 122 Å². The van der Waals surface area contributed by atoms with Gasteiger partial charge in [0.25, 0.3) is 0 Å². The van der Waals surface area contributed by atoms with Crippen molar-refractivity contribution in [3.8, 4) is 0 Å². The van der Waals surface area contributed by atoms with Crippen molar-refractivity contribution >= 4 is 17.4 Å². The lowest BCUT2D eigenvalue weighted by Gasteiger charge is -2.14. The van der Waals surface area contributed by atoms with Gasteiger partial charge in [-0.3, -0.25) is 9.48 Å². The van der Waals surface area contributed by atoms with Crippen LogP contribution in [0.15, 0.2) is 47.9 Å². The van der Waals surface area contributed by atoms with Crippen LogP contribution >= 0.6 is 0 Å². The molecule has 1 amide bonds. The van der Waals surface area contributed by atoms with Crippen molar-refractivity contribution in [3.63, 3.8) is 0 Å². The predicted molar refractivity (Wildman–Crippen MR) is 78.9 cm³/mol. The zero-order valence-electron chi connectivity index (χ0n) is 11.6. The van der Waals surface area contributed by atoms with E-state index in [9.17, 15) is 4.79 Å². The first-order valence-corrected chi connectivity index (χ1v) is 6.41. The van der Waals surface area contributed by atoms with E-state index in [-0.39, 0.29) is 11.7 Å².